The molecule has 1 aromatic rings. The molecule has 1 fully saturated rings. The molecule has 2 unspecified atom stereocenters. The van der Waals surface area contributed by atoms with Gasteiger partial charge in [0.2, 0.25) is 15.7 Å². The van der Waals surface area contributed by atoms with E-state index in [1.807, 2.05) is 0 Å². The summed E-state index contributed by atoms with van der Waals surface area (Å²) in [4.78, 5) is 24.8. The molecule has 1 heterocycles. The second-order valence-electron chi connectivity index (χ2n) is 6.20. The van der Waals surface area contributed by atoms with E-state index in [-0.39, 0.29) is 18.5 Å². The first-order valence-electron chi connectivity index (χ1n) is 8.05. The van der Waals surface area contributed by atoms with Crippen molar-refractivity contribution in [2.75, 3.05) is 13.2 Å². The summed E-state index contributed by atoms with van der Waals surface area (Å²) in [6, 6.07) is 3.34. The zero-order valence-electron chi connectivity index (χ0n) is 14.1. The van der Waals surface area contributed by atoms with E-state index in [1.165, 1.54) is 30.3 Å². The van der Waals surface area contributed by atoms with Crippen LogP contribution in [0.15, 0.2) is 30.3 Å². The van der Waals surface area contributed by atoms with E-state index in [4.69, 9.17) is 5.73 Å². The van der Waals surface area contributed by atoms with Crippen LogP contribution in [0.25, 0.3) is 0 Å². The molecule has 1 aliphatic heterocycles. The molecule has 1 amide bonds. The van der Waals surface area contributed by atoms with E-state index in [0.717, 1.165) is 4.90 Å². The molecule has 2 rings (SSSR count). The van der Waals surface area contributed by atoms with Crippen LogP contribution < -0.4 is 5.73 Å². The Morgan fingerprint density at radius 2 is 1.89 bits per heavy atom. The number of aliphatic carboxylic acids is 1. The van der Waals surface area contributed by atoms with Gasteiger partial charge in [-0.05, 0) is 18.4 Å². The number of amides is 1. The quantitative estimate of drug-likeness (QED) is 0.698. The summed E-state index contributed by atoms with van der Waals surface area (Å²) in [5.41, 5.74) is 5.54. The lowest BCUT2D eigenvalue weighted by Crippen LogP contribution is -2.53. The number of hydrogen-bond donors (Lipinski definition) is 2. The lowest BCUT2D eigenvalue weighted by molar-refractivity contribution is -0.148. The maximum atomic E-state index is 13.8. The molecule has 27 heavy (non-hydrogen) atoms. The SMILES string of the molecule is N[C@@H](C(=O)N1CCCC1C(=O)O)C(c1ccccc1)S(=O)(=O)C(F)(F)CF. The number of alkyl halides is 3. The van der Waals surface area contributed by atoms with Crippen molar-refractivity contribution in [3.63, 3.8) is 0 Å². The molecule has 0 saturated carbocycles. The van der Waals surface area contributed by atoms with Gasteiger partial charge in [-0.3, -0.25) is 4.79 Å². The average molecular weight is 408 g/mol. The second-order valence-corrected chi connectivity index (χ2v) is 8.40. The lowest BCUT2D eigenvalue weighted by Gasteiger charge is -2.31. The van der Waals surface area contributed by atoms with Gasteiger partial charge in [0, 0.05) is 6.54 Å². The Morgan fingerprint density at radius 3 is 2.41 bits per heavy atom. The number of halogens is 3. The van der Waals surface area contributed by atoms with Gasteiger partial charge in [0.05, 0.1) is 0 Å². The number of carboxylic acid groups (broad SMARTS) is 1. The predicted octanol–water partition coefficient (Wildman–Crippen LogP) is 1.11. The summed E-state index contributed by atoms with van der Waals surface area (Å²) in [5.74, 6) is -2.40. The van der Waals surface area contributed by atoms with Crippen molar-refractivity contribution in [2.24, 2.45) is 5.73 Å². The third-order valence-electron chi connectivity index (χ3n) is 4.47. The number of nitrogens with zero attached hydrogens (tertiary/aromatic N) is 1. The number of carbonyl (C=O) groups is 2. The first kappa shape index (κ1) is 21.2. The highest BCUT2D eigenvalue weighted by molar-refractivity contribution is 7.92. The number of sulfone groups is 1. The molecule has 0 aromatic heterocycles. The molecular formula is C16H19F3N2O5S. The minimum atomic E-state index is -5.54. The van der Waals surface area contributed by atoms with Crippen molar-refractivity contribution in [1.82, 2.24) is 4.90 Å². The number of carbonyl (C=O) groups excluding carboxylic acids is 1. The Labute approximate surface area is 153 Å². The smallest absolute Gasteiger partial charge is 0.373 e. The Kier molecular flexibility index (Phi) is 6.15. The summed E-state index contributed by atoms with van der Waals surface area (Å²) >= 11 is 0. The monoisotopic (exact) mass is 408 g/mol. The largest absolute Gasteiger partial charge is 0.480 e. The highest BCUT2D eigenvalue weighted by atomic mass is 32.2. The van der Waals surface area contributed by atoms with Gasteiger partial charge in [0.25, 0.3) is 0 Å². The van der Waals surface area contributed by atoms with Crippen LogP contribution in [0.1, 0.15) is 23.7 Å². The van der Waals surface area contributed by atoms with Gasteiger partial charge in [-0.2, -0.15) is 8.78 Å². The molecule has 150 valence electrons. The van der Waals surface area contributed by atoms with E-state index in [2.05, 4.69) is 0 Å². The molecule has 11 heteroatoms. The van der Waals surface area contributed by atoms with Crippen LogP contribution in [-0.2, 0) is 19.4 Å². The van der Waals surface area contributed by atoms with Gasteiger partial charge >= 0.3 is 11.2 Å². The maximum Gasteiger partial charge on any atom is 0.373 e. The summed E-state index contributed by atoms with van der Waals surface area (Å²) < 4.78 is 65.2. The summed E-state index contributed by atoms with van der Waals surface area (Å²) in [5, 5.41) is 2.20. The van der Waals surface area contributed by atoms with Gasteiger partial charge in [0.15, 0.2) is 6.67 Å². The van der Waals surface area contributed by atoms with Gasteiger partial charge in [-0.25, -0.2) is 17.6 Å². The molecule has 0 spiro atoms. The highest BCUT2D eigenvalue weighted by Crippen LogP contribution is 2.37. The van der Waals surface area contributed by atoms with Crippen molar-refractivity contribution in [3.8, 4) is 0 Å². The van der Waals surface area contributed by atoms with Crippen LogP contribution in [0.2, 0.25) is 0 Å². The third-order valence-corrected chi connectivity index (χ3v) is 6.64. The van der Waals surface area contributed by atoms with Gasteiger partial charge in [0.1, 0.15) is 17.3 Å². The van der Waals surface area contributed by atoms with Crippen LogP contribution >= 0.6 is 0 Å². The van der Waals surface area contributed by atoms with E-state index >= 15 is 0 Å². The van der Waals surface area contributed by atoms with Crippen molar-refractivity contribution in [1.29, 1.82) is 0 Å². The molecular weight excluding hydrogens is 389 g/mol. The molecule has 0 aliphatic carbocycles. The van der Waals surface area contributed by atoms with Crippen molar-refractivity contribution < 1.29 is 36.3 Å². The Hall–Kier alpha value is -2.14. The fourth-order valence-electron chi connectivity index (χ4n) is 3.09. The Morgan fingerprint density at radius 1 is 1.30 bits per heavy atom. The number of nitrogens with two attached hydrogens (primary N) is 1. The van der Waals surface area contributed by atoms with E-state index < -0.39 is 51.0 Å². The van der Waals surface area contributed by atoms with Crippen molar-refractivity contribution in [3.05, 3.63) is 35.9 Å². The molecule has 0 bridgehead atoms. The standard InChI is InChI=1S/C16H19F3N2O5S/c17-9-16(18,19)27(25,26)13(10-5-2-1-3-6-10)12(20)14(22)21-8-4-7-11(21)15(23)24/h1-3,5-6,11-13H,4,7-9,20H2,(H,23,24)/t11?,12-,13?/m1/s1. The normalized spacial score (nSPS) is 20.3. The molecule has 1 saturated heterocycles. The highest BCUT2D eigenvalue weighted by Gasteiger charge is 2.54. The van der Waals surface area contributed by atoms with Gasteiger partial charge in [-0.15, -0.1) is 0 Å². The van der Waals surface area contributed by atoms with Crippen LogP contribution in [0, 0.1) is 0 Å². The maximum absolute atomic E-state index is 13.8. The van der Waals surface area contributed by atoms with E-state index in [0.29, 0.717) is 6.42 Å². The minimum absolute atomic E-state index is 0.00453. The van der Waals surface area contributed by atoms with Crippen LogP contribution in [-0.4, -0.2) is 60.9 Å². The second kappa shape index (κ2) is 7.85. The van der Waals surface area contributed by atoms with Gasteiger partial charge < -0.3 is 15.7 Å². The minimum Gasteiger partial charge on any atom is -0.480 e. The Bertz CT molecular complexity index is 804. The zero-order chi connectivity index (χ0) is 20.4. The number of hydrogen-bond acceptors (Lipinski definition) is 5. The fraction of sp³-hybridized carbons (Fsp3) is 0.500. The van der Waals surface area contributed by atoms with Crippen molar-refractivity contribution in [2.45, 2.75) is 35.4 Å². The Balaban J connectivity index is 2.48. The van der Waals surface area contributed by atoms with Crippen LogP contribution in [0.5, 0.6) is 0 Å². The van der Waals surface area contributed by atoms with Crippen LogP contribution in [0.3, 0.4) is 0 Å². The predicted molar refractivity (Wildman–Crippen MR) is 89.4 cm³/mol. The number of carboxylic acids is 1. The number of rotatable bonds is 7. The first-order chi connectivity index (χ1) is 12.5. The van der Waals surface area contributed by atoms with E-state index in [1.54, 1.807) is 0 Å². The molecule has 0 radical (unpaired) electrons. The van der Waals surface area contributed by atoms with E-state index in [9.17, 15) is 36.3 Å². The molecule has 1 aromatic carbocycles. The zero-order valence-corrected chi connectivity index (χ0v) is 14.9. The number of benzene rings is 1. The lowest BCUT2D eigenvalue weighted by atomic mass is 10.0. The first-order valence-corrected chi connectivity index (χ1v) is 9.60. The van der Waals surface area contributed by atoms with Crippen molar-refractivity contribution >= 4 is 21.7 Å². The summed E-state index contributed by atoms with van der Waals surface area (Å²) in [6.07, 6.45) is 0.482. The topological polar surface area (TPSA) is 118 Å². The third kappa shape index (κ3) is 3.93. The summed E-state index contributed by atoms with van der Waals surface area (Å²) in [6.45, 7) is -2.47. The fourth-order valence-corrected chi connectivity index (χ4v) is 4.63. The summed E-state index contributed by atoms with van der Waals surface area (Å²) in [7, 11) is -5.54. The van der Waals surface area contributed by atoms with Crippen LogP contribution in [0.4, 0.5) is 13.2 Å². The number of likely N-dealkylation sites (tertiary alicyclic amines) is 1. The molecule has 7 nitrogen and oxygen atoms in total. The molecule has 3 N–H and O–H groups in total. The average Bonchev–Trinajstić information content (AvgIpc) is 3.11. The molecule has 1 aliphatic rings. The van der Waals surface area contributed by atoms with Gasteiger partial charge in [-0.1, -0.05) is 30.3 Å². The molecule has 3 atom stereocenters.